The average Bonchev–Trinajstić information content (AvgIpc) is 3.14. The molecule has 0 fully saturated rings. The van der Waals surface area contributed by atoms with Crippen LogP contribution in [0.15, 0.2) is 64.2 Å². The maximum absolute atomic E-state index is 13.5. The third kappa shape index (κ3) is 4.89. The van der Waals surface area contributed by atoms with Crippen molar-refractivity contribution in [3.8, 4) is 11.4 Å². The van der Waals surface area contributed by atoms with Gasteiger partial charge in [-0.3, -0.25) is 14.7 Å². The Morgan fingerprint density at radius 2 is 1.88 bits per heavy atom. The molecule has 172 valence electrons. The zero-order valence-electron chi connectivity index (χ0n) is 18.6. The summed E-state index contributed by atoms with van der Waals surface area (Å²) in [4.78, 5) is 26.6. The first-order valence-corrected chi connectivity index (χ1v) is 11.2. The highest BCUT2D eigenvalue weighted by Gasteiger charge is 2.18. The number of hydrogen-bond acceptors (Lipinski definition) is 4. The van der Waals surface area contributed by atoms with Gasteiger partial charge in [-0.25, -0.2) is 4.68 Å². The molecule has 1 N–H and O–H groups in total. The maximum atomic E-state index is 13.5. The Labute approximate surface area is 196 Å². The van der Waals surface area contributed by atoms with E-state index < -0.39 is 0 Å². The maximum Gasteiger partial charge on any atom is 0.280 e. The van der Waals surface area contributed by atoms with E-state index in [1.54, 1.807) is 35.9 Å². The molecule has 7 nitrogen and oxygen atoms in total. The zero-order valence-corrected chi connectivity index (χ0v) is 19.4. The Morgan fingerprint density at radius 3 is 2.64 bits per heavy atom. The number of aromatic amines is 1. The minimum Gasteiger partial charge on any atom is -0.497 e. The average molecular weight is 468 g/mol. The summed E-state index contributed by atoms with van der Waals surface area (Å²) >= 11 is 6.14. The molecule has 0 spiro atoms. The van der Waals surface area contributed by atoms with Crippen LogP contribution in [-0.4, -0.2) is 34.7 Å². The van der Waals surface area contributed by atoms with Crippen molar-refractivity contribution in [1.29, 1.82) is 0 Å². The number of methoxy groups -OCH3 is 1. The fourth-order valence-corrected chi connectivity index (χ4v) is 4.16. The van der Waals surface area contributed by atoms with Crippen LogP contribution in [0.5, 0.6) is 5.75 Å². The molecule has 0 amide bonds. The Kier molecular flexibility index (Phi) is 7.01. The van der Waals surface area contributed by atoms with Gasteiger partial charge in [-0.2, -0.15) is 0 Å². The van der Waals surface area contributed by atoms with Crippen molar-refractivity contribution >= 4 is 22.5 Å². The highest BCUT2D eigenvalue weighted by Crippen LogP contribution is 2.21. The summed E-state index contributed by atoms with van der Waals surface area (Å²) in [5.74, 6) is 0.718. The summed E-state index contributed by atoms with van der Waals surface area (Å²) in [6, 6.07) is 16.1. The molecule has 0 aliphatic carbocycles. The van der Waals surface area contributed by atoms with Gasteiger partial charge in [0.15, 0.2) is 0 Å². The highest BCUT2D eigenvalue weighted by atomic mass is 35.5. The van der Waals surface area contributed by atoms with Crippen LogP contribution in [0.25, 0.3) is 16.6 Å². The van der Waals surface area contributed by atoms with Crippen molar-refractivity contribution in [1.82, 2.24) is 14.3 Å². The van der Waals surface area contributed by atoms with Crippen LogP contribution in [0.3, 0.4) is 0 Å². The van der Waals surface area contributed by atoms with E-state index in [1.807, 2.05) is 31.2 Å². The molecule has 4 rings (SSSR count). The molecule has 0 atom stereocenters. The van der Waals surface area contributed by atoms with Crippen molar-refractivity contribution in [2.45, 2.75) is 26.3 Å². The molecule has 4 aromatic rings. The Hall–Kier alpha value is -3.29. The van der Waals surface area contributed by atoms with E-state index in [1.165, 1.54) is 10.7 Å². The Morgan fingerprint density at radius 1 is 1.06 bits per heavy atom. The van der Waals surface area contributed by atoms with Crippen LogP contribution in [-0.2, 0) is 17.7 Å². The normalized spacial score (nSPS) is 11.2. The SMILES string of the molecule is CCOCCCn1c(Cc2cccc(OC)c2)c2c(=O)n(-c3cccc(Cl)c3)[nH]c2cc1=O. The standard InChI is InChI=1S/C25H26ClN3O4/c1-3-33-12-6-11-28-22(14-17-7-4-10-20(13-17)32-2)24-21(16-23(28)30)27-29(25(24)31)19-9-5-8-18(26)15-19/h4-5,7-10,13,15-16,27H,3,6,11-12,14H2,1-2H3. The van der Waals surface area contributed by atoms with Crippen molar-refractivity contribution in [3.05, 3.63) is 91.6 Å². The quantitative estimate of drug-likeness (QED) is 0.375. The minimum absolute atomic E-state index is 0.170. The van der Waals surface area contributed by atoms with Gasteiger partial charge in [0.1, 0.15) is 5.75 Å². The van der Waals surface area contributed by atoms with E-state index in [9.17, 15) is 9.59 Å². The second-order valence-electron chi connectivity index (χ2n) is 7.68. The summed E-state index contributed by atoms with van der Waals surface area (Å²) in [6.45, 7) is 3.55. The van der Waals surface area contributed by atoms with Crippen LogP contribution in [0.1, 0.15) is 24.6 Å². The molecule has 0 aliphatic heterocycles. The van der Waals surface area contributed by atoms with Gasteiger partial charge in [0.25, 0.3) is 11.1 Å². The largest absolute Gasteiger partial charge is 0.497 e. The van der Waals surface area contributed by atoms with Gasteiger partial charge in [-0.05, 0) is 49.2 Å². The number of rotatable bonds is 9. The topological polar surface area (TPSA) is 78.2 Å². The van der Waals surface area contributed by atoms with E-state index in [0.29, 0.717) is 59.9 Å². The molecule has 0 saturated carbocycles. The van der Waals surface area contributed by atoms with E-state index in [0.717, 1.165) is 11.3 Å². The second kappa shape index (κ2) is 10.1. The molecule has 2 aromatic heterocycles. The van der Waals surface area contributed by atoms with E-state index in [2.05, 4.69) is 5.10 Å². The van der Waals surface area contributed by atoms with Crippen LogP contribution in [0.2, 0.25) is 5.02 Å². The predicted molar refractivity (Wildman–Crippen MR) is 130 cm³/mol. The number of H-pyrrole nitrogens is 1. The van der Waals surface area contributed by atoms with E-state index >= 15 is 0 Å². The van der Waals surface area contributed by atoms with Crippen LogP contribution in [0, 0.1) is 0 Å². The lowest BCUT2D eigenvalue weighted by molar-refractivity contribution is 0.141. The van der Waals surface area contributed by atoms with Crippen LogP contribution in [0.4, 0.5) is 0 Å². The smallest absolute Gasteiger partial charge is 0.280 e. The first-order valence-electron chi connectivity index (χ1n) is 10.9. The number of fused-ring (bicyclic) bond motifs is 1. The molecular weight excluding hydrogens is 442 g/mol. The Balaban J connectivity index is 1.88. The zero-order chi connectivity index (χ0) is 23.4. The number of benzene rings is 2. The van der Waals surface area contributed by atoms with Gasteiger partial charge in [0.05, 0.1) is 23.7 Å². The third-order valence-electron chi connectivity index (χ3n) is 5.51. The molecule has 8 heteroatoms. The number of halogens is 1. The van der Waals surface area contributed by atoms with Gasteiger partial charge < -0.3 is 14.0 Å². The van der Waals surface area contributed by atoms with Gasteiger partial charge in [-0.1, -0.05) is 29.8 Å². The molecular formula is C25H26ClN3O4. The van der Waals surface area contributed by atoms with Gasteiger partial charge in [0.2, 0.25) is 0 Å². The lowest BCUT2D eigenvalue weighted by Crippen LogP contribution is -2.26. The first kappa shape index (κ1) is 22.9. The van der Waals surface area contributed by atoms with Gasteiger partial charge in [-0.15, -0.1) is 0 Å². The number of nitrogens with zero attached hydrogens (tertiary/aromatic N) is 2. The number of hydrogen-bond donors (Lipinski definition) is 1. The van der Waals surface area contributed by atoms with Crippen molar-refractivity contribution in [3.63, 3.8) is 0 Å². The highest BCUT2D eigenvalue weighted by molar-refractivity contribution is 6.30. The van der Waals surface area contributed by atoms with Crippen molar-refractivity contribution in [2.24, 2.45) is 0 Å². The molecule has 0 aliphatic rings. The molecule has 0 saturated heterocycles. The van der Waals surface area contributed by atoms with E-state index in [-0.39, 0.29) is 11.1 Å². The van der Waals surface area contributed by atoms with Crippen molar-refractivity contribution < 1.29 is 9.47 Å². The minimum atomic E-state index is -0.233. The number of pyridine rings is 1. The van der Waals surface area contributed by atoms with E-state index in [4.69, 9.17) is 21.1 Å². The fourth-order valence-electron chi connectivity index (χ4n) is 3.98. The predicted octanol–water partition coefficient (Wildman–Crippen LogP) is 4.16. The summed E-state index contributed by atoms with van der Waals surface area (Å²) in [6.07, 6.45) is 1.07. The number of aromatic nitrogens is 3. The molecule has 0 unspecified atom stereocenters. The Bertz CT molecular complexity index is 1390. The molecule has 33 heavy (non-hydrogen) atoms. The van der Waals surface area contributed by atoms with Crippen molar-refractivity contribution in [2.75, 3.05) is 20.3 Å². The number of nitrogens with one attached hydrogen (secondary N) is 1. The summed E-state index contributed by atoms with van der Waals surface area (Å²) < 4.78 is 13.9. The molecule has 2 aromatic carbocycles. The van der Waals surface area contributed by atoms with Crippen LogP contribution >= 0.6 is 11.6 Å². The molecule has 0 radical (unpaired) electrons. The number of ether oxygens (including phenoxy) is 2. The van der Waals surface area contributed by atoms with Crippen LogP contribution < -0.4 is 15.9 Å². The lowest BCUT2D eigenvalue weighted by atomic mass is 10.1. The van der Waals surface area contributed by atoms with Gasteiger partial charge >= 0.3 is 0 Å². The first-order chi connectivity index (χ1) is 16.0. The monoisotopic (exact) mass is 467 g/mol. The molecule has 0 bridgehead atoms. The molecule has 2 heterocycles. The fraction of sp³-hybridized carbons (Fsp3) is 0.280. The van der Waals surface area contributed by atoms with Gasteiger partial charge in [0, 0.05) is 43.0 Å². The third-order valence-corrected chi connectivity index (χ3v) is 5.75. The summed E-state index contributed by atoms with van der Waals surface area (Å²) in [7, 11) is 1.61. The lowest BCUT2D eigenvalue weighted by Gasteiger charge is -2.14. The second-order valence-corrected chi connectivity index (χ2v) is 8.12. The summed E-state index contributed by atoms with van der Waals surface area (Å²) in [5, 5.41) is 4.08. The summed E-state index contributed by atoms with van der Waals surface area (Å²) in [5.41, 5.74) is 2.29.